The van der Waals surface area contributed by atoms with Gasteiger partial charge in [0.1, 0.15) is 5.75 Å². The number of carbonyl (C=O) groups excluding carboxylic acids is 3. The Morgan fingerprint density at radius 1 is 0.923 bits per heavy atom. The van der Waals surface area contributed by atoms with Gasteiger partial charge in [-0.25, -0.2) is 0 Å². The Morgan fingerprint density at radius 2 is 1.38 bits per heavy atom. The van der Waals surface area contributed by atoms with Crippen LogP contribution in [0.5, 0.6) is 5.75 Å². The number of hydrogen-bond acceptors (Lipinski definition) is 11. The van der Waals surface area contributed by atoms with Crippen molar-refractivity contribution in [2.45, 2.75) is 84.6 Å². The third kappa shape index (κ3) is 15.7. The first-order valence-electron chi connectivity index (χ1n) is 12.7. The van der Waals surface area contributed by atoms with Crippen molar-refractivity contribution in [3.05, 3.63) is 24.5 Å². The number of nitrogens with zero attached hydrogens (tertiary/aromatic N) is 1. The maximum Gasteiger partial charge on any atom is 0.306 e. The first-order valence-corrected chi connectivity index (χ1v) is 15.6. The second kappa shape index (κ2) is 16.7. The highest BCUT2D eigenvalue weighted by atomic mass is 32.2. The summed E-state index contributed by atoms with van der Waals surface area (Å²) in [5.41, 5.74) is -0.669. The fourth-order valence-corrected chi connectivity index (χ4v) is 4.60. The second-order valence-corrected chi connectivity index (χ2v) is 13.1. The summed E-state index contributed by atoms with van der Waals surface area (Å²) in [5.74, 6) is -0.156. The molecular formula is C26H41NO10S2. The number of carbonyl (C=O) groups is 3. The van der Waals surface area contributed by atoms with E-state index < -0.39 is 45.8 Å². The Kier molecular flexibility index (Phi) is 14.8. The Balaban J connectivity index is 0.00000139. The van der Waals surface area contributed by atoms with Gasteiger partial charge in [0.05, 0.1) is 12.5 Å². The van der Waals surface area contributed by atoms with Crippen LogP contribution in [0.1, 0.15) is 60.8 Å². The molecule has 222 valence electrons. The zero-order valence-corrected chi connectivity index (χ0v) is 25.2. The lowest BCUT2D eigenvalue weighted by molar-refractivity contribution is -0.190. The predicted octanol–water partition coefficient (Wildman–Crippen LogP) is 3.91. The fourth-order valence-electron chi connectivity index (χ4n) is 3.38. The summed E-state index contributed by atoms with van der Waals surface area (Å²) in [6.07, 6.45) is 1.82. The smallest absolute Gasteiger partial charge is 0.306 e. The molecule has 2 heterocycles. The third-order valence-corrected chi connectivity index (χ3v) is 6.03. The fraction of sp³-hybridized carbons (Fsp3) is 0.692. The van der Waals surface area contributed by atoms with E-state index in [1.54, 1.807) is 24.5 Å². The van der Waals surface area contributed by atoms with E-state index in [-0.39, 0.29) is 43.0 Å². The molecule has 11 nitrogen and oxygen atoms in total. The van der Waals surface area contributed by atoms with Gasteiger partial charge in [0.15, 0.2) is 23.7 Å². The Labute approximate surface area is 235 Å². The molecule has 2 rings (SSSR count). The van der Waals surface area contributed by atoms with Crippen LogP contribution in [-0.2, 0) is 38.7 Å². The highest BCUT2D eigenvalue weighted by molar-refractivity contribution is 7.99. The molecule has 0 spiro atoms. The van der Waals surface area contributed by atoms with Gasteiger partial charge in [-0.1, -0.05) is 41.5 Å². The van der Waals surface area contributed by atoms with Crippen LogP contribution >= 0.6 is 11.8 Å². The van der Waals surface area contributed by atoms with E-state index in [1.165, 1.54) is 11.8 Å². The Bertz CT molecular complexity index is 1010. The largest absolute Gasteiger partial charge is 0.474 e. The summed E-state index contributed by atoms with van der Waals surface area (Å²) < 4.78 is 49.3. The Morgan fingerprint density at radius 3 is 1.82 bits per heavy atom. The minimum absolute atomic E-state index is 0.0804. The normalized spacial score (nSPS) is 21.1. The monoisotopic (exact) mass is 591 g/mol. The number of thioether (sulfide) groups is 1. The minimum atomic E-state index is -3.67. The lowest BCUT2D eigenvalue weighted by atomic mass is 10.1. The van der Waals surface area contributed by atoms with Crippen molar-refractivity contribution in [3.8, 4) is 5.75 Å². The zero-order valence-electron chi connectivity index (χ0n) is 23.6. The van der Waals surface area contributed by atoms with Gasteiger partial charge in [0.25, 0.3) is 10.1 Å². The summed E-state index contributed by atoms with van der Waals surface area (Å²) in [6.45, 7) is 11.5. The van der Waals surface area contributed by atoms with E-state index in [4.69, 9.17) is 23.5 Å². The lowest BCUT2D eigenvalue weighted by Crippen LogP contribution is -2.56. The van der Waals surface area contributed by atoms with E-state index >= 15 is 0 Å². The van der Waals surface area contributed by atoms with E-state index in [0.29, 0.717) is 17.8 Å². The molecule has 0 radical (unpaired) electrons. The van der Waals surface area contributed by atoms with Crippen LogP contribution in [0.2, 0.25) is 0 Å². The maximum absolute atomic E-state index is 12.7. The molecule has 0 unspecified atom stereocenters. The third-order valence-electron chi connectivity index (χ3n) is 4.81. The van der Waals surface area contributed by atoms with Crippen LogP contribution in [0, 0.1) is 17.8 Å². The highest BCUT2D eigenvalue weighted by Gasteiger charge is 2.48. The van der Waals surface area contributed by atoms with Gasteiger partial charge < -0.3 is 18.9 Å². The molecule has 1 aromatic rings. The van der Waals surface area contributed by atoms with Crippen molar-refractivity contribution in [1.82, 2.24) is 4.98 Å². The summed E-state index contributed by atoms with van der Waals surface area (Å²) in [7, 11) is -3.67. The van der Waals surface area contributed by atoms with Crippen molar-refractivity contribution in [2.24, 2.45) is 17.8 Å². The molecule has 1 aliphatic heterocycles. The topological polar surface area (TPSA) is 155 Å². The SMILES string of the molecule is CC(C)CC(=O)O[C@@H]1[C@@H](OC(=O)CC(C)C)[C@H](OC(=O)CC(C)C)CS[C@H]1Oc1cccnc1.CS(=O)(=O)O. The van der Waals surface area contributed by atoms with Crippen LogP contribution in [0.4, 0.5) is 0 Å². The van der Waals surface area contributed by atoms with Crippen LogP contribution < -0.4 is 4.74 Å². The summed E-state index contributed by atoms with van der Waals surface area (Å²) in [4.78, 5) is 41.8. The molecule has 1 fully saturated rings. The number of esters is 3. The molecular weight excluding hydrogens is 550 g/mol. The lowest BCUT2D eigenvalue weighted by Gasteiger charge is -2.40. The first-order chi connectivity index (χ1) is 18.0. The Hall–Kier alpha value is -2.38. The van der Waals surface area contributed by atoms with E-state index in [0.717, 1.165) is 0 Å². The standard InChI is InChI=1S/C25H37NO7S.CH4O3S/c1-15(2)10-20(27)31-19-14-34-25(30-18-8-7-9-26-13-18)24(33-22(29)12-17(5)6)23(19)32-21(28)11-16(3)4;1-5(2,3)4/h7-9,13,15-17,19,23-25H,10-12,14H2,1-6H3;1H3,(H,2,3,4)/t19-,23+,24-,25-;/m1./s1. The number of aromatic nitrogens is 1. The van der Waals surface area contributed by atoms with Gasteiger partial charge in [-0.15, -0.1) is 11.8 Å². The minimum Gasteiger partial charge on any atom is -0.474 e. The maximum atomic E-state index is 12.7. The molecule has 0 aromatic carbocycles. The van der Waals surface area contributed by atoms with E-state index in [1.807, 2.05) is 41.5 Å². The number of pyridine rings is 1. The van der Waals surface area contributed by atoms with Crippen LogP contribution in [0.15, 0.2) is 24.5 Å². The van der Waals surface area contributed by atoms with E-state index in [2.05, 4.69) is 4.98 Å². The summed E-state index contributed by atoms with van der Waals surface area (Å²) in [6, 6.07) is 3.48. The molecule has 1 aliphatic rings. The molecule has 13 heteroatoms. The first kappa shape index (κ1) is 34.6. The average Bonchev–Trinajstić information content (AvgIpc) is 2.75. The molecule has 1 aromatic heterocycles. The molecule has 1 N–H and O–H groups in total. The van der Waals surface area contributed by atoms with Gasteiger partial charge in [-0.3, -0.25) is 23.9 Å². The molecule has 1 saturated heterocycles. The van der Waals surface area contributed by atoms with Gasteiger partial charge >= 0.3 is 17.9 Å². The van der Waals surface area contributed by atoms with Crippen molar-refractivity contribution in [3.63, 3.8) is 0 Å². The number of ether oxygens (including phenoxy) is 4. The van der Waals surface area contributed by atoms with Crippen molar-refractivity contribution >= 4 is 39.8 Å². The van der Waals surface area contributed by atoms with Crippen molar-refractivity contribution in [1.29, 1.82) is 0 Å². The molecule has 39 heavy (non-hydrogen) atoms. The molecule has 0 amide bonds. The number of hydrogen-bond donors (Lipinski definition) is 1. The summed E-state index contributed by atoms with van der Waals surface area (Å²) >= 11 is 1.34. The van der Waals surface area contributed by atoms with Gasteiger partial charge in [0, 0.05) is 31.2 Å². The quantitative estimate of drug-likeness (QED) is 0.225. The molecule has 4 atom stereocenters. The van der Waals surface area contributed by atoms with Gasteiger partial charge in [-0.05, 0) is 29.9 Å². The van der Waals surface area contributed by atoms with E-state index in [9.17, 15) is 22.8 Å². The van der Waals surface area contributed by atoms with Gasteiger partial charge in [-0.2, -0.15) is 8.42 Å². The van der Waals surface area contributed by atoms with Crippen LogP contribution in [0.3, 0.4) is 0 Å². The molecule has 0 saturated carbocycles. The highest BCUT2D eigenvalue weighted by Crippen LogP contribution is 2.35. The van der Waals surface area contributed by atoms with Crippen molar-refractivity contribution in [2.75, 3.05) is 12.0 Å². The van der Waals surface area contributed by atoms with Crippen LogP contribution in [0.25, 0.3) is 0 Å². The zero-order chi connectivity index (χ0) is 29.8. The average molecular weight is 592 g/mol. The second-order valence-electron chi connectivity index (χ2n) is 10.5. The predicted molar refractivity (Wildman–Crippen MR) is 147 cm³/mol. The van der Waals surface area contributed by atoms with Crippen LogP contribution in [-0.4, -0.2) is 71.6 Å². The van der Waals surface area contributed by atoms with Crippen molar-refractivity contribution < 1.29 is 46.3 Å². The van der Waals surface area contributed by atoms with Gasteiger partial charge in [0.2, 0.25) is 0 Å². The number of rotatable bonds is 11. The molecule has 0 aliphatic carbocycles. The molecule has 0 bridgehead atoms. The summed E-state index contributed by atoms with van der Waals surface area (Å²) in [5, 5.41) is 0.